The maximum absolute atomic E-state index is 13.0. The van der Waals surface area contributed by atoms with Crippen molar-refractivity contribution in [3.05, 3.63) is 39.4 Å². The molecule has 0 radical (unpaired) electrons. The molecule has 29 heavy (non-hydrogen) atoms. The first kappa shape index (κ1) is 22.2. The Balaban J connectivity index is 1.93. The number of hydrogen-bond acceptors (Lipinski definition) is 5. The van der Waals surface area contributed by atoms with Crippen molar-refractivity contribution in [2.75, 3.05) is 6.54 Å². The SMILES string of the molecule is CC(C)C1=CC(C(=O)c2c(Cl)cc(B3OC(C)(C)C(C)(C)O3)cc2Cl)=NCC1=O. The van der Waals surface area contributed by atoms with Crippen molar-refractivity contribution < 1.29 is 18.9 Å². The summed E-state index contributed by atoms with van der Waals surface area (Å²) in [4.78, 5) is 29.2. The molecule has 154 valence electrons. The molecule has 5 nitrogen and oxygen atoms in total. The summed E-state index contributed by atoms with van der Waals surface area (Å²) in [6.07, 6.45) is 1.54. The van der Waals surface area contributed by atoms with Gasteiger partial charge in [0.15, 0.2) is 5.78 Å². The number of dihydropyridines is 1. The van der Waals surface area contributed by atoms with Gasteiger partial charge in [0.1, 0.15) is 12.3 Å². The first-order chi connectivity index (χ1) is 13.3. The molecule has 0 spiro atoms. The molecule has 2 heterocycles. The maximum atomic E-state index is 13.0. The molecule has 0 N–H and O–H groups in total. The minimum Gasteiger partial charge on any atom is -0.399 e. The van der Waals surface area contributed by atoms with Crippen LogP contribution in [0.2, 0.25) is 10.0 Å². The summed E-state index contributed by atoms with van der Waals surface area (Å²) in [7, 11) is -0.642. The van der Waals surface area contributed by atoms with Crippen molar-refractivity contribution in [3.63, 3.8) is 0 Å². The third-order valence-corrected chi connectivity index (χ3v) is 6.27. The highest BCUT2D eigenvalue weighted by Crippen LogP contribution is 2.37. The van der Waals surface area contributed by atoms with Crippen molar-refractivity contribution >= 4 is 53.1 Å². The molecule has 0 aromatic heterocycles. The minimum atomic E-state index is -0.642. The van der Waals surface area contributed by atoms with Crippen LogP contribution >= 0.6 is 23.2 Å². The second-order valence-electron chi connectivity index (χ2n) is 8.66. The average Bonchev–Trinajstić information content (AvgIpc) is 2.82. The van der Waals surface area contributed by atoms with E-state index in [1.807, 2.05) is 41.5 Å². The summed E-state index contributed by atoms with van der Waals surface area (Å²) >= 11 is 12.9. The number of Topliss-reactive ketones (excluding diaryl/α,β-unsaturated/α-hetero) is 2. The van der Waals surface area contributed by atoms with Crippen LogP contribution in [0, 0.1) is 5.92 Å². The van der Waals surface area contributed by atoms with Crippen molar-refractivity contribution in [1.82, 2.24) is 0 Å². The van der Waals surface area contributed by atoms with Crippen LogP contribution in [0.4, 0.5) is 0 Å². The molecule has 0 bridgehead atoms. The predicted molar refractivity (Wildman–Crippen MR) is 117 cm³/mol. The van der Waals surface area contributed by atoms with Gasteiger partial charge in [-0.25, -0.2) is 0 Å². The van der Waals surface area contributed by atoms with Gasteiger partial charge < -0.3 is 9.31 Å². The Bertz CT molecular complexity index is 911. The van der Waals surface area contributed by atoms with E-state index in [9.17, 15) is 9.59 Å². The fraction of sp³-hybridized carbons (Fsp3) is 0.476. The largest absolute Gasteiger partial charge is 0.494 e. The third-order valence-electron chi connectivity index (χ3n) is 5.68. The first-order valence-corrected chi connectivity index (χ1v) is 10.3. The predicted octanol–water partition coefficient (Wildman–Crippen LogP) is 4.08. The number of hydrogen-bond donors (Lipinski definition) is 0. The van der Waals surface area contributed by atoms with Crippen LogP contribution in [0.1, 0.15) is 51.9 Å². The normalized spacial score (nSPS) is 20.7. The smallest absolute Gasteiger partial charge is 0.399 e. The average molecular weight is 436 g/mol. The van der Waals surface area contributed by atoms with Crippen LogP contribution in [0.25, 0.3) is 0 Å². The van der Waals surface area contributed by atoms with Crippen LogP contribution in [-0.2, 0) is 14.1 Å². The Kier molecular flexibility index (Phi) is 5.87. The van der Waals surface area contributed by atoms with Gasteiger partial charge in [-0.1, -0.05) is 37.0 Å². The van der Waals surface area contributed by atoms with E-state index in [0.717, 1.165) is 0 Å². The molecule has 3 rings (SSSR count). The van der Waals surface area contributed by atoms with Gasteiger partial charge in [-0.05, 0) is 57.3 Å². The van der Waals surface area contributed by atoms with Crippen LogP contribution in [0.3, 0.4) is 0 Å². The molecule has 1 aromatic carbocycles. The Morgan fingerprint density at radius 3 is 2.10 bits per heavy atom. The van der Waals surface area contributed by atoms with Gasteiger partial charge >= 0.3 is 7.12 Å². The minimum absolute atomic E-state index is 0.00232. The lowest BCUT2D eigenvalue weighted by Gasteiger charge is -2.32. The number of carbonyl (C=O) groups is 2. The van der Waals surface area contributed by atoms with E-state index in [1.165, 1.54) is 6.08 Å². The van der Waals surface area contributed by atoms with Crippen molar-refractivity contribution in [2.45, 2.75) is 52.7 Å². The highest BCUT2D eigenvalue weighted by molar-refractivity contribution is 6.63. The lowest BCUT2D eigenvalue weighted by Crippen LogP contribution is -2.41. The Morgan fingerprint density at radius 1 is 1.10 bits per heavy atom. The summed E-state index contributed by atoms with van der Waals surface area (Å²) in [5.74, 6) is -0.492. The summed E-state index contributed by atoms with van der Waals surface area (Å²) < 4.78 is 12.1. The maximum Gasteiger partial charge on any atom is 0.494 e. The number of halogens is 2. The molecule has 0 atom stereocenters. The van der Waals surface area contributed by atoms with E-state index in [0.29, 0.717) is 11.0 Å². The molecule has 0 saturated carbocycles. The van der Waals surface area contributed by atoms with E-state index in [2.05, 4.69) is 4.99 Å². The van der Waals surface area contributed by atoms with Gasteiger partial charge in [0.2, 0.25) is 5.78 Å². The molecular formula is C21H24BCl2NO4. The topological polar surface area (TPSA) is 65.0 Å². The highest BCUT2D eigenvalue weighted by Gasteiger charge is 2.52. The van der Waals surface area contributed by atoms with Crippen LogP contribution in [0.15, 0.2) is 28.8 Å². The van der Waals surface area contributed by atoms with Gasteiger partial charge in [0.05, 0.1) is 26.8 Å². The number of aliphatic imine (C=N–C) groups is 1. The lowest BCUT2D eigenvalue weighted by atomic mass is 9.78. The fourth-order valence-electron chi connectivity index (χ4n) is 3.20. The van der Waals surface area contributed by atoms with Gasteiger partial charge in [-0.2, -0.15) is 0 Å². The zero-order valence-electron chi connectivity index (χ0n) is 17.4. The number of ketones is 2. The van der Waals surface area contributed by atoms with Gasteiger partial charge in [-0.15, -0.1) is 0 Å². The van der Waals surface area contributed by atoms with Gasteiger partial charge in [-0.3, -0.25) is 14.6 Å². The fourth-order valence-corrected chi connectivity index (χ4v) is 3.88. The van der Waals surface area contributed by atoms with E-state index < -0.39 is 24.1 Å². The summed E-state index contributed by atoms with van der Waals surface area (Å²) in [5, 5.41) is 0.373. The van der Waals surface area contributed by atoms with E-state index in [1.54, 1.807) is 12.1 Å². The Morgan fingerprint density at radius 2 is 1.62 bits per heavy atom. The summed E-state index contributed by atoms with van der Waals surface area (Å²) in [6, 6.07) is 3.26. The third kappa shape index (κ3) is 4.08. The molecule has 1 aromatic rings. The summed E-state index contributed by atoms with van der Waals surface area (Å²) in [6.45, 7) is 11.6. The summed E-state index contributed by atoms with van der Waals surface area (Å²) in [5.41, 5.74) is 0.527. The van der Waals surface area contributed by atoms with E-state index >= 15 is 0 Å². The zero-order chi connectivity index (χ0) is 21.7. The molecule has 0 unspecified atom stereocenters. The molecule has 2 aliphatic heterocycles. The van der Waals surface area contributed by atoms with Crippen LogP contribution in [0.5, 0.6) is 0 Å². The van der Waals surface area contributed by atoms with Crippen molar-refractivity contribution in [2.24, 2.45) is 10.9 Å². The second-order valence-corrected chi connectivity index (χ2v) is 9.47. The molecule has 0 amide bonds. The van der Waals surface area contributed by atoms with Crippen LogP contribution < -0.4 is 5.46 Å². The molecule has 1 saturated heterocycles. The number of benzene rings is 1. The number of rotatable bonds is 4. The monoisotopic (exact) mass is 435 g/mol. The number of carbonyl (C=O) groups excluding carboxylic acids is 2. The highest BCUT2D eigenvalue weighted by atomic mass is 35.5. The molecular weight excluding hydrogens is 412 g/mol. The van der Waals surface area contributed by atoms with E-state index in [-0.39, 0.29) is 39.6 Å². The van der Waals surface area contributed by atoms with E-state index in [4.69, 9.17) is 32.5 Å². The molecule has 1 fully saturated rings. The lowest BCUT2D eigenvalue weighted by molar-refractivity contribution is -0.114. The van der Waals surface area contributed by atoms with Gasteiger partial charge in [0.25, 0.3) is 0 Å². The quantitative estimate of drug-likeness (QED) is 0.527. The number of allylic oxidation sites excluding steroid dienone is 1. The standard InChI is InChI=1S/C21H24BCl2NO4/c1-11(2)13-9-16(25-10-17(13)26)19(27)18-14(23)7-12(8-15(18)24)22-28-20(3,4)21(5,6)29-22/h7-9,11H,10H2,1-6H3. The van der Waals surface area contributed by atoms with Crippen molar-refractivity contribution in [1.29, 1.82) is 0 Å². The number of nitrogens with zero attached hydrogens (tertiary/aromatic N) is 1. The first-order valence-electron chi connectivity index (χ1n) is 9.52. The Labute approximate surface area is 181 Å². The second kappa shape index (κ2) is 7.66. The zero-order valence-corrected chi connectivity index (χ0v) is 18.9. The van der Waals surface area contributed by atoms with Crippen LogP contribution in [-0.4, -0.2) is 42.1 Å². The molecule has 8 heteroatoms. The Hall–Kier alpha value is -1.47. The molecule has 0 aliphatic carbocycles. The van der Waals surface area contributed by atoms with Crippen molar-refractivity contribution in [3.8, 4) is 0 Å². The molecule has 2 aliphatic rings. The van der Waals surface area contributed by atoms with Gasteiger partial charge in [0, 0.05) is 5.57 Å².